The molecule has 1 aliphatic rings. The number of hydrogen-bond acceptors (Lipinski definition) is 3. The Morgan fingerprint density at radius 2 is 1.96 bits per heavy atom. The van der Waals surface area contributed by atoms with E-state index in [0.29, 0.717) is 23.1 Å². The molecule has 5 heteroatoms. The maximum Gasteiger partial charge on any atom is 0.137 e. The molecular weight excluding hydrogens is 409 g/mol. The molecule has 2 aromatic rings. The summed E-state index contributed by atoms with van der Waals surface area (Å²) in [4.78, 5) is 2.07. The standard InChI is InChI=1S/C22H27BrFNO2/c1-25(2)14-18-12-19(27-15-16-6-4-3-5-7-16)10-11-22(18,26)17-8-9-20(23)21(24)13-17/h3-9,13,18-19,26H,10-12,14-15H2,1-2H3. The van der Waals surface area contributed by atoms with Crippen molar-refractivity contribution in [1.29, 1.82) is 0 Å². The summed E-state index contributed by atoms with van der Waals surface area (Å²) >= 11 is 3.19. The SMILES string of the molecule is CN(C)CC1CC(OCc2ccccc2)CCC1(O)c1ccc(Br)c(F)c1. The van der Waals surface area contributed by atoms with Crippen molar-refractivity contribution in [3.63, 3.8) is 0 Å². The van der Waals surface area contributed by atoms with E-state index in [1.807, 2.05) is 38.4 Å². The molecule has 0 aliphatic heterocycles. The summed E-state index contributed by atoms with van der Waals surface area (Å²) in [6.07, 6.45) is 2.16. The van der Waals surface area contributed by atoms with Crippen molar-refractivity contribution in [2.45, 2.75) is 37.6 Å². The molecule has 2 aromatic carbocycles. The molecule has 27 heavy (non-hydrogen) atoms. The van der Waals surface area contributed by atoms with Gasteiger partial charge in [0, 0.05) is 12.5 Å². The molecule has 1 N–H and O–H groups in total. The van der Waals surface area contributed by atoms with E-state index in [9.17, 15) is 9.50 Å². The zero-order chi connectivity index (χ0) is 19.4. The molecule has 1 saturated carbocycles. The molecule has 3 rings (SSSR count). The fraction of sp³-hybridized carbons (Fsp3) is 0.455. The van der Waals surface area contributed by atoms with Crippen LogP contribution in [0, 0.1) is 11.7 Å². The Hall–Kier alpha value is -1.27. The highest BCUT2D eigenvalue weighted by molar-refractivity contribution is 9.10. The van der Waals surface area contributed by atoms with Crippen molar-refractivity contribution in [2.75, 3.05) is 20.6 Å². The monoisotopic (exact) mass is 435 g/mol. The van der Waals surface area contributed by atoms with E-state index in [2.05, 4.69) is 33.0 Å². The van der Waals surface area contributed by atoms with Crippen LogP contribution in [0.15, 0.2) is 53.0 Å². The van der Waals surface area contributed by atoms with Crippen LogP contribution in [0.5, 0.6) is 0 Å². The van der Waals surface area contributed by atoms with Crippen molar-refractivity contribution in [3.05, 3.63) is 69.9 Å². The second kappa shape index (κ2) is 8.82. The molecule has 0 radical (unpaired) electrons. The van der Waals surface area contributed by atoms with Crippen molar-refractivity contribution < 1.29 is 14.2 Å². The van der Waals surface area contributed by atoms with Gasteiger partial charge in [0.15, 0.2) is 0 Å². The smallest absolute Gasteiger partial charge is 0.137 e. The predicted octanol–water partition coefficient (Wildman–Crippen LogP) is 4.72. The fourth-order valence-corrected chi connectivity index (χ4v) is 4.21. The van der Waals surface area contributed by atoms with E-state index in [-0.39, 0.29) is 17.8 Å². The molecule has 3 nitrogen and oxygen atoms in total. The maximum absolute atomic E-state index is 14.1. The van der Waals surface area contributed by atoms with Gasteiger partial charge >= 0.3 is 0 Å². The molecule has 146 valence electrons. The molecule has 3 atom stereocenters. The van der Waals surface area contributed by atoms with Crippen molar-refractivity contribution in [2.24, 2.45) is 5.92 Å². The Kier molecular flexibility index (Phi) is 6.69. The van der Waals surface area contributed by atoms with Crippen LogP contribution in [0.1, 0.15) is 30.4 Å². The molecule has 0 saturated heterocycles. The molecule has 3 unspecified atom stereocenters. The van der Waals surface area contributed by atoms with E-state index in [0.717, 1.165) is 24.9 Å². The van der Waals surface area contributed by atoms with Gasteiger partial charge in [0.25, 0.3) is 0 Å². The predicted molar refractivity (Wildman–Crippen MR) is 109 cm³/mol. The number of nitrogens with zero attached hydrogens (tertiary/aromatic N) is 1. The number of benzene rings is 2. The first-order valence-corrected chi connectivity index (χ1v) is 10.2. The van der Waals surface area contributed by atoms with Crippen molar-refractivity contribution >= 4 is 15.9 Å². The fourth-order valence-electron chi connectivity index (χ4n) is 3.97. The molecule has 0 heterocycles. The number of halogens is 2. The largest absolute Gasteiger partial charge is 0.385 e. The number of hydrogen-bond donors (Lipinski definition) is 1. The van der Waals surface area contributed by atoms with Gasteiger partial charge in [-0.2, -0.15) is 0 Å². The highest BCUT2D eigenvalue weighted by Crippen LogP contribution is 2.43. The van der Waals surface area contributed by atoms with Gasteiger partial charge in [-0.1, -0.05) is 36.4 Å². The summed E-state index contributed by atoms with van der Waals surface area (Å²) in [6.45, 7) is 1.30. The highest BCUT2D eigenvalue weighted by Gasteiger charge is 2.44. The molecule has 0 aromatic heterocycles. The van der Waals surface area contributed by atoms with E-state index in [1.165, 1.54) is 6.07 Å². The summed E-state index contributed by atoms with van der Waals surface area (Å²) in [5.74, 6) is -0.366. The van der Waals surface area contributed by atoms with E-state index in [1.54, 1.807) is 6.07 Å². The number of aliphatic hydroxyl groups is 1. The average molecular weight is 436 g/mol. The molecule has 1 aliphatic carbocycles. The van der Waals surface area contributed by atoms with E-state index < -0.39 is 5.60 Å². The summed E-state index contributed by atoms with van der Waals surface area (Å²) in [5, 5.41) is 11.5. The van der Waals surface area contributed by atoms with Crippen LogP contribution in [0.25, 0.3) is 0 Å². The zero-order valence-corrected chi connectivity index (χ0v) is 17.5. The van der Waals surface area contributed by atoms with Gasteiger partial charge in [-0.25, -0.2) is 4.39 Å². The molecule has 1 fully saturated rings. The molecule has 0 amide bonds. The lowest BCUT2D eigenvalue weighted by molar-refractivity contribution is -0.110. The van der Waals surface area contributed by atoms with Crippen LogP contribution in [-0.2, 0) is 16.9 Å². The molecule has 0 spiro atoms. The highest BCUT2D eigenvalue weighted by atomic mass is 79.9. The Labute approximate surface area is 169 Å². The van der Waals surface area contributed by atoms with Gasteiger partial charge in [0.2, 0.25) is 0 Å². The third-order valence-corrected chi connectivity index (χ3v) is 6.05. The normalized spacial score (nSPS) is 25.7. The second-order valence-corrected chi connectivity index (χ2v) is 8.56. The first-order valence-electron chi connectivity index (χ1n) is 9.36. The van der Waals surface area contributed by atoms with Gasteiger partial charge in [-0.15, -0.1) is 0 Å². The quantitative estimate of drug-likeness (QED) is 0.711. The van der Waals surface area contributed by atoms with Crippen molar-refractivity contribution in [3.8, 4) is 0 Å². The van der Waals surface area contributed by atoms with Crippen LogP contribution >= 0.6 is 15.9 Å². The lowest BCUT2D eigenvalue weighted by atomic mass is 9.70. The lowest BCUT2D eigenvalue weighted by Crippen LogP contribution is -2.46. The minimum Gasteiger partial charge on any atom is -0.385 e. The van der Waals surface area contributed by atoms with Crippen LogP contribution in [-0.4, -0.2) is 36.8 Å². The van der Waals surface area contributed by atoms with Gasteiger partial charge in [0.1, 0.15) is 5.82 Å². The lowest BCUT2D eigenvalue weighted by Gasteiger charge is -2.44. The van der Waals surface area contributed by atoms with Crippen molar-refractivity contribution in [1.82, 2.24) is 4.90 Å². The van der Waals surface area contributed by atoms with Gasteiger partial charge in [0.05, 0.1) is 22.8 Å². The minimum atomic E-state index is -1.04. The third kappa shape index (κ3) is 4.96. The summed E-state index contributed by atoms with van der Waals surface area (Å²) in [7, 11) is 3.99. The Morgan fingerprint density at radius 3 is 2.63 bits per heavy atom. The third-order valence-electron chi connectivity index (χ3n) is 5.40. The van der Waals surface area contributed by atoms with E-state index in [4.69, 9.17) is 4.74 Å². The first-order chi connectivity index (χ1) is 12.9. The number of rotatable bonds is 6. The summed E-state index contributed by atoms with van der Waals surface area (Å²) < 4.78 is 20.6. The van der Waals surface area contributed by atoms with Crippen LogP contribution in [0.4, 0.5) is 4.39 Å². The second-order valence-electron chi connectivity index (χ2n) is 7.71. The Balaban J connectivity index is 1.75. The van der Waals surface area contributed by atoms with Crippen LogP contribution < -0.4 is 0 Å². The van der Waals surface area contributed by atoms with Crippen LogP contribution in [0.2, 0.25) is 0 Å². The molecular formula is C22H27BrFNO2. The average Bonchev–Trinajstić information content (AvgIpc) is 2.65. The zero-order valence-electron chi connectivity index (χ0n) is 15.9. The maximum atomic E-state index is 14.1. The topological polar surface area (TPSA) is 32.7 Å². The Morgan fingerprint density at radius 1 is 1.22 bits per heavy atom. The number of ether oxygens (including phenoxy) is 1. The molecule has 0 bridgehead atoms. The summed E-state index contributed by atoms with van der Waals surface area (Å²) in [6, 6.07) is 15.1. The summed E-state index contributed by atoms with van der Waals surface area (Å²) in [5.41, 5.74) is 0.757. The van der Waals surface area contributed by atoms with Gasteiger partial charge in [-0.3, -0.25) is 0 Å². The minimum absolute atomic E-state index is 0.0254. The van der Waals surface area contributed by atoms with E-state index >= 15 is 0 Å². The first kappa shape index (κ1) is 20.5. The van der Waals surface area contributed by atoms with Gasteiger partial charge in [-0.05, 0) is 72.5 Å². The Bertz CT molecular complexity index is 755. The van der Waals surface area contributed by atoms with Crippen LogP contribution in [0.3, 0.4) is 0 Å². The van der Waals surface area contributed by atoms with Gasteiger partial charge < -0.3 is 14.7 Å².